The van der Waals surface area contributed by atoms with Gasteiger partial charge in [0.25, 0.3) is 0 Å². The fourth-order valence-corrected chi connectivity index (χ4v) is 5.40. The molecule has 0 radical (unpaired) electrons. The van der Waals surface area contributed by atoms with Gasteiger partial charge in [0.15, 0.2) is 9.84 Å². The molecule has 0 spiro atoms. The van der Waals surface area contributed by atoms with Crippen molar-refractivity contribution >= 4 is 21.4 Å². The molecule has 0 N–H and O–H groups in total. The van der Waals surface area contributed by atoms with Crippen molar-refractivity contribution in [1.82, 2.24) is 4.90 Å². The number of hydrogen-bond donors (Lipinski definition) is 0. The van der Waals surface area contributed by atoms with Gasteiger partial charge >= 0.3 is 0 Å². The van der Waals surface area contributed by atoms with E-state index in [1.54, 1.807) is 4.90 Å². The molecule has 21 heavy (non-hydrogen) atoms. The molecule has 2 aliphatic heterocycles. The Morgan fingerprint density at radius 3 is 2.48 bits per heavy atom. The lowest BCUT2D eigenvalue weighted by molar-refractivity contribution is -0.123. The highest BCUT2D eigenvalue weighted by atomic mass is 32.2. The lowest BCUT2D eigenvalue weighted by Crippen LogP contribution is -2.62. The number of rotatable bonds is 3. The van der Waals surface area contributed by atoms with Crippen LogP contribution in [0.1, 0.15) is 13.3 Å². The van der Waals surface area contributed by atoms with Gasteiger partial charge in [0.05, 0.1) is 24.1 Å². The number of amides is 1. The highest BCUT2D eigenvalue weighted by Crippen LogP contribution is 2.31. The lowest BCUT2D eigenvalue weighted by Gasteiger charge is -2.43. The zero-order valence-electron chi connectivity index (χ0n) is 12.1. The quantitative estimate of drug-likeness (QED) is 0.833. The first-order chi connectivity index (χ1) is 10.0. The molecule has 1 amide bonds. The molecule has 0 aliphatic carbocycles. The van der Waals surface area contributed by atoms with Crippen molar-refractivity contribution in [2.24, 2.45) is 0 Å². The van der Waals surface area contributed by atoms with E-state index in [1.165, 1.54) is 0 Å². The second kappa shape index (κ2) is 5.42. The molecule has 3 rings (SSSR count). The Bertz CT molecular complexity index is 630. The highest BCUT2D eigenvalue weighted by Gasteiger charge is 2.49. The SMILES string of the molecule is CCCN1CC(=O)N(c2ccccc2)[C@@H]2CS(=O)(=O)C[C@H]21. The van der Waals surface area contributed by atoms with Crippen LogP contribution in [0.25, 0.3) is 0 Å². The van der Waals surface area contributed by atoms with Crippen LogP contribution < -0.4 is 4.90 Å². The summed E-state index contributed by atoms with van der Waals surface area (Å²) >= 11 is 0. The third kappa shape index (κ3) is 2.70. The fourth-order valence-electron chi connectivity index (χ4n) is 3.41. The summed E-state index contributed by atoms with van der Waals surface area (Å²) in [6.07, 6.45) is 0.919. The van der Waals surface area contributed by atoms with Gasteiger partial charge in [-0.2, -0.15) is 0 Å². The van der Waals surface area contributed by atoms with Crippen molar-refractivity contribution in [2.75, 3.05) is 29.5 Å². The number of sulfone groups is 1. The average Bonchev–Trinajstić information content (AvgIpc) is 2.75. The minimum absolute atomic E-state index is 0.00648. The van der Waals surface area contributed by atoms with Gasteiger partial charge in [0, 0.05) is 11.7 Å². The Kier molecular flexibility index (Phi) is 3.75. The summed E-state index contributed by atoms with van der Waals surface area (Å²) in [5, 5.41) is 0. The van der Waals surface area contributed by atoms with Crippen LogP contribution in [0.15, 0.2) is 30.3 Å². The molecule has 0 unspecified atom stereocenters. The maximum Gasteiger partial charge on any atom is 0.241 e. The minimum Gasteiger partial charge on any atom is -0.306 e. The van der Waals surface area contributed by atoms with E-state index in [-0.39, 0.29) is 29.5 Å². The Morgan fingerprint density at radius 1 is 1.14 bits per heavy atom. The summed E-state index contributed by atoms with van der Waals surface area (Å²) < 4.78 is 24.1. The maximum atomic E-state index is 12.5. The van der Waals surface area contributed by atoms with E-state index in [0.29, 0.717) is 6.54 Å². The Labute approximate surface area is 125 Å². The summed E-state index contributed by atoms with van der Waals surface area (Å²) in [5.74, 6) is 0.222. The van der Waals surface area contributed by atoms with Gasteiger partial charge in [0.1, 0.15) is 0 Å². The van der Waals surface area contributed by atoms with Crippen LogP contribution in [0.4, 0.5) is 5.69 Å². The zero-order valence-corrected chi connectivity index (χ0v) is 12.9. The van der Waals surface area contributed by atoms with E-state index in [2.05, 4.69) is 0 Å². The number of para-hydroxylation sites is 1. The van der Waals surface area contributed by atoms with Crippen LogP contribution in [0.2, 0.25) is 0 Å². The number of nitrogens with zero attached hydrogens (tertiary/aromatic N) is 2. The molecule has 0 bridgehead atoms. The topological polar surface area (TPSA) is 57.7 Å². The molecule has 114 valence electrons. The lowest BCUT2D eigenvalue weighted by atomic mass is 10.0. The second-order valence-corrected chi connectivity index (χ2v) is 7.94. The Hall–Kier alpha value is -1.40. The van der Waals surface area contributed by atoms with E-state index >= 15 is 0 Å². The normalized spacial score (nSPS) is 28.6. The number of carbonyl (C=O) groups is 1. The summed E-state index contributed by atoms with van der Waals surface area (Å²) in [4.78, 5) is 16.3. The molecule has 2 fully saturated rings. The van der Waals surface area contributed by atoms with Crippen LogP contribution >= 0.6 is 0 Å². The van der Waals surface area contributed by atoms with Crippen LogP contribution in [0.3, 0.4) is 0 Å². The molecule has 0 aromatic heterocycles. The molecule has 0 saturated carbocycles. The smallest absolute Gasteiger partial charge is 0.241 e. The summed E-state index contributed by atoms with van der Waals surface area (Å²) in [6, 6.07) is 9.05. The molecule has 2 aliphatic rings. The largest absolute Gasteiger partial charge is 0.306 e. The van der Waals surface area contributed by atoms with Crippen molar-refractivity contribution in [2.45, 2.75) is 25.4 Å². The van der Waals surface area contributed by atoms with E-state index in [0.717, 1.165) is 18.7 Å². The first kappa shape index (κ1) is 14.5. The second-order valence-electron chi connectivity index (χ2n) is 5.78. The van der Waals surface area contributed by atoms with Crippen molar-refractivity contribution in [3.63, 3.8) is 0 Å². The number of carbonyl (C=O) groups excluding carboxylic acids is 1. The first-order valence-electron chi connectivity index (χ1n) is 7.33. The predicted octanol–water partition coefficient (Wildman–Crippen LogP) is 0.911. The minimum atomic E-state index is -3.08. The Morgan fingerprint density at radius 2 is 1.81 bits per heavy atom. The number of anilines is 1. The molecule has 6 heteroatoms. The fraction of sp³-hybridized carbons (Fsp3) is 0.533. The number of fused-ring (bicyclic) bond motifs is 1. The predicted molar refractivity (Wildman–Crippen MR) is 82.0 cm³/mol. The molecule has 2 atom stereocenters. The van der Waals surface area contributed by atoms with Gasteiger partial charge in [0.2, 0.25) is 5.91 Å². The highest BCUT2D eigenvalue weighted by molar-refractivity contribution is 7.91. The van der Waals surface area contributed by atoms with E-state index in [9.17, 15) is 13.2 Å². The van der Waals surface area contributed by atoms with Crippen molar-refractivity contribution in [3.8, 4) is 0 Å². The van der Waals surface area contributed by atoms with Crippen molar-refractivity contribution in [1.29, 1.82) is 0 Å². The summed E-state index contributed by atoms with van der Waals surface area (Å²) in [5.41, 5.74) is 0.797. The van der Waals surface area contributed by atoms with E-state index < -0.39 is 9.84 Å². The molecule has 1 aromatic rings. The van der Waals surface area contributed by atoms with Gasteiger partial charge in [-0.3, -0.25) is 9.69 Å². The maximum absolute atomic E-state index is 12.5. The summed E-state index contributed by atoms with van der Waals surface area (Å²) in [7, 11) is -3.08. The van der Waals surface area contributed by atoms with Gasteiger partial charge in [-0.25, -0.2) is 8.42 Å². The Balaban J connectivity index is 1.97. The van der Waals surface area contributed by atoms with Gasteiger partial charge in [-0.05, 0) is 25.1 Å². The van der Waals surface area contributed by atoms with Crippen molar-refractivity contribution in [3.05, 3.63) is 30.3 Å². The van der Waals surface area contributed by atoms with E-state index in [1.807, 2.05) is 42.2 Å². The number of hydrogen-bond acceptors (Lipinski definition) is 4. The third-order valence-corrected chi connectivity index (χ3v) is 5.95. The third-order valence-electron chi connectivity index (χ3n) is 4.25. The summed E-state index contributed by atoms with van der Waals surface area (Å²) in [6.45, 7) is 3.12. The van der Waals surface area contributed by atoms with Crippen LogP contribution in [0.5, 0.6) is 0 Å². The van der Waals surface area contributed by atoms with Gasteiger partial charge < -0.3 is 4.90 Å². The van der Waals surface area contributed by atoms with Gasteiger partial charge in [-0.15, -0.1) is 0 Å². The molecule has 2 saturated heterocycles. The standard InChI is InChI=1S/C15H20N2O3S/c1-2-8-16-9-15(18)17(12-6-4-3-5-7-12)14-11-21(19,20)10-13(14)16/h3-7,13-14H,2,8-11H2,1H3/t13-,14-/m1/s1. The molecular formula is C15H20N2O3S. The average molecular weight is 308 g/mol. The molecule has 1 aromatic carbocycles. The number of benzene rings is 1. The van der Waals surface area contributed by atoms with Crippen molar-refractivity contribution < 1.29 is 13.2 Å². The zero-order chi connectivity index (χ0) is 15.0. The first-order valence-corrected chi connectivity index (χ1v) is 9.15. The monoisotopic (exact) mass is 308 g/mol. The van der Waals surface area contributed by atoms with Gasteiger partial charge in [-0.1, -0.05) is 25.1 Å². The van der Waals surface area contributed by atoms with Crippen LogP contribution in [-0.4, -0.2) is 55.9 Å². The van der Waals surface area contributed by atoms with Crippen LogP contribution in [-0.2, 0) is 14.6 Å². The molecule has 5 nitrogen and oxygen atoms in total. The number of piperazine rings is 1. The van der Waals surface area contributed by atoms with Crippen LogP contribution in [0, 0.1) is 0 Å². The molecule has 2 heterocycles. The van der Waals surface area contributed by atoms with E-state index in [4.69, 9.17) is 0 Å². The molecular weight excluding hydrogens is 288 g/mol.